The third kappa shape index (κ3) is 1.84. The first kappa shape index (κ1) is 8.78. The van der Waals surface area contributed by atoms with Crippen LogP contribution in [0.25, 0.3) is 0 Å². The van der Waals surface area contributed by atoms with Crippen LogP contribution >= 0.6 is 0 Å². The van der Waals surface area contributed by atoms with Gasteiger partial charge in [-0.2, -0.15) is 0 Å². The lowest BCUT2D eigenvalue weighted by Gasteiger charge is -2.09. The molecule has 0 saturated carbocycles. The minimum absolute atomic E-state index is 0.0124. The summed E-state index contributed by atoms with van der Waals surface area (Å²) in [4.78, 5) is 10.4. The topological polar surface area (TPSA) is 40.1 Å². The van der Waals surface area contributed by atoms with E-state index in [0.29, 0.717) is 0 Å². The van der Waals surface area contributed by atoms with E-state index in [9.17, 15) is 9.90 Å². The summed E-state index contributed by atoms with van der Waals surface area (Å²) >= 11 is 0. The number of carboxylic acids is 1. The Labute approximate surface area is 71.8 Å². The first-order valence-electron chi connectivity index (χ1n) is 3.86. The van der Waals surface area contributed by atoms with Crippen LogP contribution in [-0.2, 0) is 11.2 Å². The molecule has 0 aliphatic carbocycles. The van der Waals surface area contributed by atoms with E-state index >= 15 is 0 Å². The molecule has 2 nitrogen and oxygen atoms in total. The van der Waals surface area contributed by atoms with Crippen molar-refractivity contribution in [2.75, 3.05) is 0 Å². The summed E-state index contributed by atoms with van der Waals surface area (Å²) in [6, 6.07) is 5.74. The Bertz CT molecular complexity index is 282. The number of benzene rings is 1. The Morgan fingerprint density at radius 1 is 1.33 bits per heavy atom. The third-order valence-electron chi connectivity index (χ3n) is 1.97. The molecule has 0 atom stereocenters. The highest BCUT2D eigenvalue weighted by Gasteiger charge is 2.00. The second kappa shape index (κ2) is 3.39. The zero-order valence-electron chi connectivity index (χ0n) is 7.26. The second-order valence-corrected chi connectivity index (χ2v) is 2.92. The van der Waals surface area contributed by atoms with Crippen LogP contribution in [0.3, 0.4) is 0 Å². The summed E-state index contributed by atoms with van der Waals surface area (Å²) in [5, 5.41) is 10.4. The van der Waals surface area contributed by atoms with Crippen LogP contribution in [-0.4, -0.2) is 5.97 Å². The first-order valence-corrected chi connectivity index (χ1v) is 3.86. The van der Waals surface area contributed by atoms with Crippen molar-refractivity contribution in [2.24, 2.45) is 0 Å². The molecule has 0 saturated heterocycles. The number of hydrogen-bond donors (Lipinski definition) is 0. The van der Waals surface area contributed by atoms with Gasteiger partial charge in [0, 0.05) is 12.4 Å². The van der Waals surface area contributed by atoms with E-state index in [4.69, 9.17) is 0 Å². The van der Waals surface area contributed by atoms with Gasteiger partial charge in [0.1, 0.15) is 0 Å². The summed E-state index contributed by atoms with van der Waals surface area (Å²) in [7, 11) is 0. The Balaban J connectivity index is 3.04. The van der Waals surface area contributed by atoms with Crippen LogP contribution in [0.5, 0.6) is 0 Å². The lowest BCUT2D eigenvalue weighted by Crippen LogP contribution is -2.25. The summed E-state index contributed by atoms with van der Waals surface area (Å²) in [6.07, 6.45) is 0.0124. The van der Waals surface area contributed by atoms with E-state index in [1.54, 1.807) is 0 Å². The van der Waals surface area contributed by atoms with Crippen LogP contribution in [0.2, 0.25) is 0 Å². The van der Waals surface area contributed by atoms with Crippen molar-refractivity contribution in [3.05, 3.63) is 34.9 Å². The average molecular weight is 163 g/mol. The van der Waals surface area contributed by atoms with E-state index in [1.165, 1.54) is 0 Å². The molecule has 1 aromatic carbocycles. The van der Waals surface area contributed by atoms with Crippen LogP contribution in [0.4, 0.5) is 0 Å². The summed E-state index contributed by atoms with van der Waals surface area (Å²) in [5.74, 6) is -1.02. The SMILES string of the molecule is Cc1cccc(C)c1CC(=O)[O-]. The molecule has 0 aliphatic rings. The van der Waals surface area contributed by atoms with E-state index in [-0.39, 0.29) is 6.42 Å². The van der Waals surface area contributed by atoms with Gasteiger partial charge in [0.25, 0.3) is 0 Å². The summed E-state index contributed by atoms with van der Waals surface area (Å²) < 4.78 is 0. The molecule has 0 amide bonds. The highest BCUT2D eigenvalue weighted by Crippen LogP contribution is 2.13. The first-order chi connectivity index (χ1) is 5.61. The largest absolute Gasteiger partial charge is 0.550 e. The Hall–Kier alpha value is -1.31. The Kier molecular flexibility index (Phi) is 2.48. The molecule has 0 fully saturated rings. The van der Waals surface area contributed by atoms with Gasteiger partial charge in [-0.05, 0) is 30.5 Å². The van der Waals surface area contributed by atoms with Crippen molar-refractivity contribution in [1.29, 1.82) is 0 Å². The predicted octanol–water partition coefficient (Wildman–Crippen LogP) is 0.596. The molecule has 1 rings (SSSR count). The number of hydrogen-bond acceptors (Lipinski definition) is 2. The van der Waals surface area contributed by atoms with Gasteiger partial charge in [-0.15, -0.1) is 0 Å². The predicted molar refractivity (Wildman–Crippen MR) is 44.6 cm³/mol. The van der Waals surface area contributed by atoms with Gasteiger partial charge in [0.15, 0.2) is 0 Å². The highest BCUT2D eigenvalue weighted by molar-refractivity contribution is 5.69. The highest BCUT2D eigenvalue weighted by atomic mass is 16.4. The van der Waals surface area contributed by atoms with E-state index in [0.717, 1.165) is 16.7 Å². The van der Waals surface area contributed by atoms with Gasteiger partial charge in [-0.25, -0.2) is 0 Å². The van der Waals surface area contributed by atoms with E-state index in [2.05, 4.69) is 0 Å². The van der Waals surface area contributed by atoms with E-state index in [1.807, 2.05) is 32.0 Å². The van der Waals surface area contributed by atoms with Gasteiger partial charge in [0.05, 0.1) is 0 Å². The van der Waals surface area contributed by atoms with Crippen LogP contribution in [0.15, 0.2) is 18.2 Å². The van der Waals surface area contributed by atoms with Crippen molar-refractivity contribution in [2.45, 2.75) is 20.3 Å². The second-order valence-electron chi connectivity index (χ2n) is 2.92. The summed E-state index contributed by atoms with van der Waals surface area (Å²) in [5.41, 5.74) is 2.90. The molecular weight excluding hydrogens is 152 g/mol. The lowest BCUT2D eigenvalue weighted by atomic mass is 10.0. The molecule has 0 spiro atoms. The number of carbonyl (C=O) groups excluding carboxylic acids is 1. The van der Waals surface area contributed by atoms with Gasteiger partial charge in [-0.3, -0.25) is 0 Å². The van der Waals surface area contributed by atoms with Gasteiger partial charge >= 0.3 is 0 Å². The molecule has 1 aromatic rings. The summed E-state index contributed by atoms with van der Waals surface area (Å²) in [6.45, 7) is 3.82. The molecule has 0 aromatic heterocycles. The fourth-order valence-electron chi connectivity index (χ4n) is 1.27. The van der Waals surface area contributed by atoms with Crippen molar-refractivity contribution >= 4 is 5.97 Å². The minimum Gasteiger partial charge on any atom is -0.550 e. The maximum atomic E-state index is 10.4. The van der Waals surface area contributed by atoms with Crippen molar-refractivity contribution in [3.63, 3.8) is 0 Å². The fraction of sp³-hybridized carbons (Fsp3) is 0.300. The standard InChI is InChI=1S/C10H12O2/c1-7-4-3-5-8(2)9(7)6-10(11)12/h3-5H,6H2,1-2H3,(H,11,12)/p-1. The van der Waals surface area contributed by atoms with Gasteiger partial charge in [0.2, 0.25) is 0 Å². The smallest absolute Gasteiger partial charge is 0.0458 e. The monoisotopic (exact) mass is 163 g/mol. The molecule has 0 aliphatic heterocycles. The Morgan fingerprint density at radius 2 is 1.83 bits per heavy atom. The Morgan fingerprint density at radius 3 is 2.25 bits per heavy atom. The van der Waals surface area contributed by atoms with Crippen molar-refractivity contribution in [1.82, 2.24) is 0 Å². The average Bonchev–Trinajstić information content (AvgIpc) is 1.97. The molecule has 64 valence electrons. The number of carbonyl (C=O) groups is 1. The van der Waals surface area contributed by atoms with Crippen LogP contribution < -0.4 is 5.11 Å². The maximum absolute atomic E-state index is 10.4. The van der Waals surface area contributed by atoms with Crippen LogP contribution in [0.1, 0.15) is 16.7 Å². The van der Waals surface area contributed by atoms with Crippen molar-refractivity contribution < 1.29 is 9.90 Å². The fourth-order valence-corrected chi connectivity index (χ4v) is 1.27. The molecule has 2 heteroatoms. The quantitative estimate of drug-likeness (QED) is 0.640. The number of aryl methyl sites for hydroxylation is 2. The normalized spacial score (nSPS) is 9.83. The molecule has 0 N–H and O–H groups in total. The number of rotatable bonds is 2. The molecule has 12 heavy (non-hydrogen) atoms. The maximum Gasteiger partial charge on any atom is 0.0458 e. The van der Waals surface area contributed by atoms with Crippen molar-refractivity contribution in [3.8, 4) is 0 Å². The number of aliphatic carboxylic acids is 1. The third-order valence-corrected chi connectivity index (χ3v) is 1.97. The molecule has 0 unspecified atom stereocenters. The zero-order chi connectivity index (χ0) is 9.14. The molecule has 0 bridgehead atoms. The zero-order valence-corrected chi connectivity index (χ0v) is 7.26. The minimum atomic E-state index is -1.02. The van der Waals surface area contributed by atoms with E-state index < -0.39 is 5.97 Å². The molecular formula is C10H11O2-. The number of carboxylic acid groups (broad SMARTS) is 1. The lowest BCUT2D eigenvalue weighted by molar-refractivity contribution is -0.304. The van der Waals surface area contributed by atoms with Gasteiger partial charge < -0.3 is 9.90 Å². The molecule has 0 radical (unpaired) electrons. The van der Waals surface area contributed by atoms with Gasteiger partial charge in [-0.1, -0.05) is 18.2 Å². The molecule has 0 heterocycles. The van der Waals surface area contributed by atoms with Crippen LogP contribution in [0, 0.1) is 13.8 Å².